The second-order valence-electron chi connectivity index (χ2n) is 5.00. The molecule has 0 unspecified atom stereocenters. The molecule has 1 amide bonds. The number of amides is 1. The quantitative estimate of drug-likeness (QED) is 0.605. The number of carbonyl (C=O) groups excluding carboxylic acids is 1. The molecule has 6 heteroatoms. The highest BCUT2D eigenvalue weighted by Gasteiger charge is 2.07. The Kier molecular flexibility index (Phi) is 6.21. The van der Waals surface area contributed by atoms with Crippen LogP contribution in [0, 0.1) is 13.8 Å². The first kappa shape index (κ1) is 16.8. The number of nitrogens with one attached hydrogen (secondary N) is 1. The van der Waals surface area contributed by atoms with E-state index in [1.807, 2.05) is 37.4 Å². The second-order valence-corrected chi connectivity index (χ2v) is 6.12. The monoisotopic (exact) mass is 338 g/mol. The summed E-state index contributed by atoms with van der Waals surface area (Å²) in [5.41, 5.74) is 3.00. The van der Waals surface area contributed by atoms with Gasteiger partial charge >= 0.3 is 0 Å². The highest BCUT2D eigenvalue weighted by molar-refractivity contribution is 7.13. The summed E-state index contributed by atoms with van der Waals surface area (Å²) in [5, 5.41) is 5.21. The van der Waals surface area contributed by atoms with E-state index in [2.05, 4.69) is 10.3 Å². The molecule has 2 rings (SSSR count). The standard InChI is InChI=1S/C16H19ClN2O2S/c1-11-5-3-6-12(2)15(11)21-8-4-7-14(20)19-16-18-13(9-17)10-22-16/h3,5-6,10H,4,7-9H2,1-2H3,(H,18,19,20). The van der Waals surface area contributed by atoms with Gasteiger partial charge in [0.05, 0.1) is 18.2 Å². The molecule has 1 heterocycles. The van der Waals surface area contributed by atoms with Crippen LogP contribution in [0.3, 0.4) is 0 Å². The second kappa shape index (κ2) is 8.15. The van der Waals surface area contributed by atoms with Gasteiger partial charge in [0.2, 0.25) is 5.91 Å². The third kappa shape index (κ3) is 4.71. The van der Waals surface area contributed by atoms with E-state index in [9.17, 15) is 4.79 Å². The lowest BCUT2D eigenvalue weighted by molar-refractivity contribution is -0.116. The summed E-state index contributed by atoms with van der Waals surface area (Å²) in [4.78, 5) is 16.0. The molecule has 0 fully saturated rings. The molecule has 0 aliphatic carbocycles. The summed E-state index contributed by atoms with van der Waals surface area (Å²) in [5.74, 6) is 1.21. The molecule has 1 aromatic heterocycles. The summed E-state index contributed by atoms with van der Waals surface area (Å²) >= 11 is 7.06. The SMILES string of the molecule is Cc1cccc(C)c1OCCCC(=O)Nc1nc(CCl)cs1. The molecular weight excluding hydrogens is 320 g/mol. The lowest BCUT2D eigenvalue weighted by atomic mass is 10.1. The molecule has 0 aliphatic rings. The Hall–Kier alpha value is -1.59. The lowest BCUT2D eigenvalue weighted by Crippen LogP contribution is -2.13. The van der Waals surface area contributed by atoms with Crippen LogP contribution in [0.15, 0.2) is 23.6 Å². The molecule has 1 aromatic carbocycles. The number of alkyl halides is 1. The van der Waals surface area contributed by atoms with Crippen molar-refractivity contribution in [1.82, 2.24) is 4.98 Å². The molecule has 22 heavy (non-hydrogen) atoms. The van der Waals surface area contributed by atoms with Gasteiger partial charge < -0.3 is 10.1 Å². The zero-order valence-electron chi connectivity index (χ0n) is 12.7. The number of rotatable bonds is 7. The minimum absolute atomic E-state index is 0.0550. The van der Waals surface area contributed by atoms with Gasteiger partial charge in [-0.15, -0.1) is 22.9 Å². The van der Waals surface area contributed by atoms with E-state index >= 15 is 0 Å². The molecule has 0 saturated heterocycles. The van der Waals surface area contributed by atoms with Crippen molar-refractivity contribution in [1.29, 1.82) is 0 Å². The smallest absolute Gasteiger partial charge is 0.226 e. The average Bonchev–Trinajstić information content (AvgIpc) is 2.93. The van der Waals surface area contributed by atoms with Gasteiger partial charge in [-0.2, -0.15) is 0 Å². The number of ether oxygens (including phenoxy) is 1. The van der Waals surface area contributed by atoms with Crippen LogP contribution in [0.4, 0.5) is 5.13 Å². The van der Waals surface area contributed by atoms with Crippen LogP contribution in [0.25, 0.3) is 0 Å². The Bertz CT molecular complexity index is 623. The number of hydrogen-bond acceptors (Lipinski definition) is 4. The Morgan fingerprint density at radius 1 is 1.36 bits per heavy atom. The molecule has 2 aromatic rings. The Morgan fingerprint density at radius 2 is 2.09 bits per heavy atom. The van der Waals surface area contributed by atoms with Crippen molar-refractivity contribution in [2.24, 2.45) is 0 Å². The third-order valence-corrected chi connectivity index (χ3v) is 4.22. The van der Waals surface area contributed by atoms with Gasteiger partial charge in [-0.25, -0.2) is 4.98 Å². The molecular formula is C16H19ClN2O2S. The van der Waals surface area contributed by atoms with E-state index in [0.29, 0.717) is 30.5 Å². The highest BCUT2D eigenvalue weighted by Crippen LogP contribution is 2.22. The topological polar surface area (TPSA) is 51.2 Å². The fourth-order valence-electron chi connectivity index (χ4n) is 2.04. The average molecular weight is 339 g/mol. The van der Waals surface area contributed by atoms with Crippen LogP contribution in [-0.4, -0.2) is 17.5 Å². The summed E-state index contributed by atoms with van der Waals surface area (Å²) in [6.07, 6.45) is 1.06. The maximum atomic E-state index is 11.8. The molecule has 1 N–H and O–H groups in total. The van der Waals surface area contributed by atoms with Gasteiger partial charge in [0.1, 0.15) is 5.75 Å². The Morgan fingerprint density at radius 3 is 2.73 bits per heavy atom. The van der Waals surface area contributed by atoms with E-state index in [0.717, 1.165) is 22.6 Å². The molecule has 0 bridgehead atoms. The zero-order valence-corrected chi connectivity index (χ0v) is 14.3. The van der Waals surface area contributed by atoms with Crippen molar-refractivity contribution >= 4 is 34.0 Å². The fraction of sp³-hybridized carbons (Fsp3) is 0.375. The lowest BCUT2D eigenvalue weighted by Gasteiger charge is -2.11. The van der Waals surface area contributed by atoms with Crippen molar-refractivity contribution in [3.05, 3.63) is 40.4 Å². The number of thiazole rings is 1. The number of anilines is 1. The van der Waals surface area contributed by atoms with Gasteiger partial charge in [0.25, 0.3) is 0 Å². The van der Waals surface area contributed by atoms with Crippen molar-refractivity contribution < 1.29 is 9.53 Å². The first-order chi connectivity index (χ1) is 10.6. The number of nitrogens with zero attached hydrogens (tertiary/aromatic N) is 1. The molecule has 0 atom stereocenters. The summed E-state index contributed by atoms with van der Waals surface area (Å²) in [6, 6.07) is 6.05. The largest absolute Gasteiger partial charge is 0.493 e. The number of hydrogen-bond donors (Lipinski definition) is 1. The number of carbonyl (C=O) groups is 1. The van der Waals surface area contributed by atoms with Gasteiger partial charge in [-0.3, -0.25) is 4.79 Å². The minimum atomic E-state index is -0.0550. The highest BCUT2D eigenvalue weighted by atomic mass is 35.5. The van der Waals surface area contributed by atoms with E-state index in [1.54, 1.807) is 0 Å². The van der Waals surface area contributed by atoms with E-state index in [4.69, 9.17) is 16.3 Å². The van der Waals surface area contributed by atoms with Crippen molar-refractivity contribution in [3.63, 3.8) is 0 Å². The normalized spacial score (nSPS) is 10.5. The number of para-hydroxylation sites is 1. The summed E-state index contributed by atoms with van der Waals surface area (Å²) in [7, 11) is 0. The van der Waals surface area contributed by atoms with E-state index in [-0.39, 0.29) is 5.91 Å². The Balaban J connectivity index is 1.73. The van der Waals surface area contributed by atoms with Crippen LogP contribution >= 0.6 is 22.9 Å². The van der Waals surface area contributed by atoms with Crippen molar-refractivity contribution in [2.75, 3.05) is 11.9 Å². The number of halogens is 1. The van der Waals surface area contributed by atoms with Gasteiger partial charge in [-0.1, -0.05) is 18.2 Å². The molecule has 0 spiro atoms. The van der Waals surface area contributed by atoms with Crippen LogP contribution in [0.1, 0.15) is 29.7 Å². The van der Waals surface area contributed by atoms with Crippen molar-refractivity contribution in [3.8, 4) is 5.75 Å². The molecule has 0 radical (unpaired) electrons. The van der Waals surface area contributed by atoms with E-state index in [1.165, 1.54) is 11.3 Å². The van der Waals surface area contributed by atoms with Crippen LogP contribution in [0.2, 0.25) is 0 Å². The Labute approximate surface area is 139 Å². The van der Waals surface area contributed by atoms with Gasteiger partial charge in [0, 0.05) is 11.8 Å². The van der Waals surface area contributed by atoms with Gasteiger partial charge in [-0.05, 0) is 31.4 Å². The summed E-state index contributed by atoms with van der Waals surface area (Å²) < 4.78 is 5.78. The molecule has 4 nitrogen and oxygen atoms in total. The first-order valence-electron chi connectivity index (χ1n) is 7.09. The molecule has 118 valence electrons. The van der Waals surface area contributed by atoms with Gasteiger partial charge in [0.15, 0.2) is 5.13 Å². The summed E-state index contributed by atoms with van der Waals surface area (Å²) in [6.45, 7) is 4.56. The number of aryl methyl sites for hydroxylation is 2. The number of aromatic nitrogens is 1. The first-order valence-corrected chi connectivity index (χ1v) is 8.51. The molecule has 0 aliphatic heterocycles. The fourth-order valence-corrected chi connectivity index (χ4v) is 3.00. The van der Waals surface area contributed by atoms with Crippen LogP contribution < -0.4 is 10.1 Å². The van der Waals surface area contributed by atoms with Crippen LogP contribution in [-0.2, 0) is 10.7 Å². The van der Waals surface area contributed by atoms with E-state index < -0.39 is 0 Å². The van der Waals surface area contributed by atoms with Crippen LogP contribution in [0.5, 0.6) is 5.75 Å². The number of benzene rings is 1. The maximum absolute atomic E-state index is 11.8. The third-order valence-electron chi connectivity index (χ3n) is 3.14. The van der Waals surface area contributed by atoms with Crippen molar-refractivity contribution in [2.45, 2.75) is 32.6 Å². The molecule has 0 saturated carbocycles. The zero-order chi connectivity index (χ0) is 15.9. The predicted molar refractivity (Wildman–Crippen MR) is 90.9 cm³/mol. The minimum Gasteiger partial charge on any atom is -0.493 e. The predicted octanol–water partition coefficient (Wildman–Crippen LogP) is 4.30. The maximum Gasteiger partial charge on any atom is 0.226 e.